The van der Waals surface area contributed by atoms with E-state index in [0.29, 0.717) is 0 Å². The molecular formula is C19H22N4O4S. The molecule has 8 nitrogen and oxygen atoms in total. The number of nitro benzene ring substituents is 1. The summed E-state index contributed by atoms with van der Waals surface area (Å²) in [5, 5.41) is 15.3. The van der Waals surface area contributed by atoms with Crippen LogP contribution in [0.1, 0.15) is 19.4 Å². The maximum Gasteiger partial charge on any atom is 0.295 e. The van der Waals surface area contributed by atoms with E-state index >= 15 is 0 Å². The summed E-state index contributed by atoms with van der Waals surface area (Å²) in [5.74, 6) is 0. The van der Waals surface area contributed by atoms with Crippen LogP contribution in [0.5, 0.6) is 0 Å². The van der Waals surface area contributed by atoms with Crippen molar-refractivity contribution in [2.75, 3.05) is 18.5 Å². The molecule has 28 heavy (non-hydrogen) atoms. The summed E-state index contributed by atoms with van der Waals surface area (Å²) in [6, 6.07) is 13.3. The molecule has 2 aromatic rings. The highest BCUT2D eigenvalue weighted by molar-refractivity contribution is 7.89. The van der Waals surface area contributed by atoms with Crippen LogP contribution in [0, 0.1) is 10.1 Å². The minimum atomic E-state index is -3.78. The van der Waals surface area contributed by atoms with E-state index < -0.39 is 14.9 Å². The minimum absolute atomic E-state index is 0.104. The zero-order chi connectivity index (χ0) is 20.6. The number of nitrogens with one attached hydrogen (secondary N) is 1. The molecule has 9 heteroatoms. The van der Waals surface area contributed by atoms with Gasteiger partial charge in [0.05, 0.1) is 9.82 Å². The van der Waals surface area contributed by atoms with Crippen LogP contribution >= 0.6 is 0 Å². The fourth-order valence-corrected chi connectivity index (χ4v) is 3.98. The van der Waals surface area contributed by atoms with Crippen molar-refractivity contribution in [2.24, 2.45) is 5.10 Å². The van der Waals surface area contributed by atoms with Gasteiger partial charge in [0, 0.05) is 25.4 Å². The lowest BCUT2D eigenvalue weighted by molar-refractivity contribution is -0.384. The first-order valence-electron chi connectivity index (χ1n) is 8.69. The smallest absolute Gasteiger partial charge is 0.272 e. The van der Waals surface area contributed by atoms with Crippen LogP contribution in [0.25, 0.3) is 6.08 Å². The lowest BCUT2D eigenvalue weighted by atomic mass is 10.2. The number of hydrazone groups is 1. The molecule has 0 aromatic heterocycles. The number of allylic oxidation sites excluding steroid dienone is 1. The molecule has 0 heterocycles. The Bertz CT molecular complexity index is 969. The Hall–Kier alpha value is -3.04. The van der Waals surface area contributed by atoms with Crippen molar-refractivity contribution in [3.05, 3.63) is 70.3 Å². The predicted molar refractivity (Wildman–Crippen MR) is 111 cm³/mol. The summed E-state index contributed by atoms with van der Waals surface area (Å²) >= 11 is 0. The van der Waals surface area contributed by atoms with E-state index in [1.165, 1.54) is 22.7 Å². The maximum absolute atomic E-state index is 12.6. The number of nitro groups is 1. The Morgan fingerprint density at radius 2 is 1.82 bits per heavy atom. The SMILES string of the molecule is CCN(CC)S(=O)(=O)c1ccc(NN=CC=Cc2ccccc2)c([N+](=O)[O-])c1. The van der Waals surface area contributed by atoms with Crippen LogP contribution < -0.4 is 5.43 Å². The van der Waals surface area contributed by atoms with Gasteiger partial charge >= 0.3 is 0 Å². The number of sulfonamides is 1. The molecule has 0 spiro atoms. The summed E-state index contributed by atoms with van der Waals surface area (Å²) < 4.78 is 26.4. The van der Waals surface area contributed by atoms with Crippen LogP contribution in [0.3, 0.4) is 0 Å². The fourth-order valence-electron chi connectivity index (χ4n) is 2.50. The summed E-state index contributed by atoms with van der Waals surface area (Å²) in [6.07, 6.45) is 4.98. The van der Waals surface area contributed by atoms with E-state index in [1.54, 1.807) is 19.9 Å². The molecule has 0 radical (unpaired) electrons. The second kappa shape index (κ2) is 9.77. The first kappa shape index (κ1) is 21.3. The Labute approximate surface area is 164 Å². The first-order valence-corrected chi connectivity index (χ1v) is 10.1. The molecule has 0 fully saturated rings. The molecule has 2 rings (SSSR count). The van der Waals surface area contributed by atoms with Gasteiger partial charge in [0.2, 0.25) is 10.0 Å². The molecule has 0 aliphatic rings. The first-order chi connectivity index (χ1) is 13.4. The third-order valence-corrected chi connectivity index (χ3v) is 5.99. The average molecular weight is 402 g/mol. The van der Waals surface area contributed by atoms with Crippen molar-refractivity contribution in [3.63, 3.8) is 0 Å². The van der Waals surface area contributed by atoms with E-state index in [1.807, 2.05) is 36.4 Å². The van der Waals surface area contributed by atoms with Gasteiger partial charge in [-0.15, -0.1) is 0 Å². The zero-order valence-electron chi connectivity index (χ0n) is 15.6. The minimum Gasteiger partial charge on any atom is -0.272 e. The highest BCUT2D eigenvalue weighted by atomic mass is 32.2. The second-order valence-electron chi connectivity index (χ2n) is 5.69. The van der Waals surface area contributed by atoms with Crippen molar-refractivity contribution >= 4 is 33.7 Å². The summed E-state index contributed by atoms with van der Waals surface area (Å²) in [5.41, 5.74) is 3.32. The fraction of sp³-hybridized carbons (Fsp3) is 0.211. The molecule has 0 saturated heterocycles. The zero-order valence-corrected chi connectivity index (χ0v) is 16.5. The molecule has 0 unspecified atom stereocenters. The van der Waals surface area contributed by atoms with Gasteiger partial charge in [-0.25, -0.2) is 8.42 Å². The second-order valence-corrected chi connectivity index (χ2v) is 7.62. The van der Waals surface area contributed by atoms with Crippen molar-refractivity contribution in [1.82, 2.24) is 4.31 Å². The number of rotatable bonds is 9. The van der Waals surface area contributed by atoms with Gasteiger partial charge in [0.25, 0.3) is 5.69 Å². The van der Waals surface area contributed by atoms with Crippen LogP contribution in [0.2, 0.25) is 0 Å². The molecule has 0 aliphatic carbocycles. The van der Waals surface area contributed by atoms with Crippen molar-refractivity contribution in [1.29, 1.82) is 0 Å². The summed E-state index contributed by atoms with van der Waals surface area (Å²) in [4.78, 5) is 10.6. The van der Waals surface area contributed by atoms with Crippen LogP contribution in [0.15, 0.2) is 64.6 Å². The average Bonchev–Trinajstić information content (AvgIpc) is 2.69. The van der Waals surface area contributed by atoms with E-state index in [2.05, 4.69) is 10.5 Å². The molecule has 1 N–H and O–H groups in total. The van der Waals surface area contributed by atoms with E-state index in [4.69, 9.17) is 0 Å². The van der Waals surface area contributed by atoms with Gasteiger partial charge < -0.3 is 0 Å². The molecule has 0 amide bonds. The van der Waals surface area contributed by atoms with Gasteiger partial charge in [0.15, 0.2) is 0 Å². The van der Waals surface area contributed by atoms with Gasteiger partial charge in [0.1, 0.15) is 5.69 Å². The standard InChI is InChI=1S/C19H22N4O4S/c1-3-22(4-2)28(26,27)17-12-13-18(19(15-17)23(24)25)21-20-14-8-11-16-9-6-5-7-10-16/h5-15,21H,3-4H2,1-2H3. The lowest BCUT2D eigenvalue weighted by Gasteiger charge is -2.18. The van der Waals surface area contributed by atoms with E-state index in [9.17, 15) is 18.5 Å². The largest absolute Gasteiger partial charge is 0.295 e. The quantitative estimate of drug-likeness (QED) is 0.391. The molecule has 0 atom stereocenters. The number of hydrogen-bond acceptors (Lipinski definition) is 6. The van der Waals surface area contributed by atoms with Crippen molar-refractivity contribution in [3.8, 4) is 0 Å². The predicted octanol–water partition coefficient (Wildman–Crippen LogP) is 3.74. The third kappa shape index (κ3) is 5.24. The molecule has 148 valence electrons. The third-order valence-electron chi connectivity index (χ3n) is 3.94. The van der Waals surface area contributed by atoms with Gasteiger partial charge in [-0.3, -0.25) is 15.5 Å². The highest BCUT2D eigenvalue weighted by Crippen LogP contribution is 2.29. The Balaban J connectivity index is 2.20. The van der Waals surface area contributed by atoms with Gasteiger partial charge in [-0.2, -0.15) is 9.41 Å². The molecule has 0 aliphatic heterocycles. The highest BCUT2D eigenvalue weighted by Gasteiger charge is 2.25. The van der Waals surface area contributed by atoms with Crippen LogP contribution in [0.4, 0.5) is 11.4 Å². The molecule has 0 bridgehead atoms. The molecule has 0 saturated carbocycles. The van der Waals surface area contributed by atoms with Crippen molar-refractivity contribution < 1.29 is 13.3 Å². The van der Waals surface area contributed by atoms with E-state index in [0.717, 1.165) is 11.6 Å². The number of hydrogen-bond donors (Lipinski definition) is 1. The lowest BCUT2D eigenvalue weighted by Crippen LogP contribution is -2.30. The summed E-state index contributed by atoms with van der Waals surface area (Å²) in [7, 11) is -3.78. The Kier molecular flexibility index (Phi) is 7.42. The number of nitrogens with zero attached hydrogens (tertiary/aromatic N) is 3. The van der Waals surface area contributed by atoms with E-state index in [-0.39, 0.29) is 29.4 Å². The normalized spacial score (nSPS) is 12.1. The topological polar surface area (TPSA) is 105 Å². The van der Waals surface area contributed by atoms with Crippen LogP contribution in [-0.2, 0) is 10.0 Å². The molecule has 2 aromatic carbocycles. The summed E-state index contributed by atoms with van der Waals surface area (Å²) in [6.45, 7) is 3.99. The van der Waals surface area contributed by atoms with Crippen molar-refractivity contribution in [2.45, 2.75) is 18.7 Å². The van der Waals surface area contributed by atoms with Gasteiger partial charge in [-0.1, -0.05) is 50.3 Å². The van der Waals surface area contributed by atoms with Gasteiger partial charge in [-0.05, 0) is 23.8 Å². The van der Waals surface area contributed by atoms with Crippen LogP contribution in [-0.4, -0.2) is 37.0 Å². The molecular weight excluding hydrogens is 380 g/mol. The number of benzene rings is 2. The maximum atomic E-state index is 12.6. The Morgan fingerprint density at radius 1 is 1.14 bits per heavy atom. The number of anilines is 1. The monoisotopic (exact) mass is 402 g/mol. The Morgan fingerprint density at radius 3 is 2.43 bits per heavy atom.